The summed E-state index contributed by atoms with van der Waals surface area (Å²) in [7, 11) is -3.39. The predicted octanol–water partition coefficient (Wildman–Crippen LogP) is 2.18. The first kappa shape index (κ1) is 15.5. The third-order valence-corrected chi connectivity index (χ3v) is 5.24. The van der Waals surface area contributed by atoms with Crippen molar-refractivity contribution < 1.29 is 8.42 Å². The molecule has 0 aliphatic heterocycles. The molecule has 1 aliphatic carbocycles. The van der Waals surface area contributed by atoms with E-state index in [-0.39, 0.29) is 6.04 Å². The van der Waals surface area contributed by atoms with Gasteiger partial charge < -0.3 is 5.32 Å². The van der Waals surface area contributed by atoms with Crippen molar-refractivity contribution >= 4 is 10.0 Å². The van der Waals surface area contributed by atoms with Crippen molar-refractivity contribution in [2.45, 2.75) is 57.6 Å². The Kier molecular flexibility index (Phi) is 4.52. The third kappa shape index (κ3) is 3.81. The van der Waals surface area contributed by atoms with Crippen LogP contribution in [0.1, 0.15) is 38.3 Å². The van der Waals surface area contributed by atoms with Crippen LogP contribution in [-0.4, -0.2) is 20.5 Å². The molecule has 0 spiro atoms. The summed E-state index contributed by atoms with van der Waals surface area (Å²) in [5, 5.41) is 3.33. The monoisotopic (exact) mass is 296 g/mol. The first-order chi connectivity index (χ1) is 9.29. The summed E-state index contributed by atoms with van der Waals surface area (Å²) in [6.07, 6.45) is 0.937. The van der Waals surface area contributed by atoms with E-state index < -0.39 is 10.0 Å². The van der Waals surface area contributed by atoms with Gasteiger partial charge in [0, 0.05) is 18.6 Å². The highest BCUT2D eigenvalue weighted by Crippen LogP contribution is 2.30. The van der Waals surface area contributed by atoms with Crippen LogP contribution in [0.25, 0.3) is 0 Å². The Morgan fingerprint density at radius 1 is 1.35 bits per heavy atom. The van der Waals surface area contributed by atoms with Gasteiger partial charge in [-0.15, -0.1) is 0 Å². The molecule has 2 atom stereocenters. The highest BCUT2D eigenvalue weighted by atomic mass is 32.2. The van der Waals surface area contributed by atoms with Gasteiger partial charge in [0.25, 0.3) is 0 Å². The summed E-state index contributed by atoms with van der Waals surface area (Å²) >= 11 is 0. The molecule has 1 aromatic carbocycles. The molecule has 1 aromatic rings. The smallest absolute Gasteiger partial charge is 0.240 e. The minimum atomic E-state index is -3.39. The molecule has 1 fully saturated rings. The lowest BCUT2D eigenvalue weighted by atomic mass is 10.1. The van der Waals surface area contributed by atoms with E-state index in [0.717, 1.165) is 17.5 Å². The van der Waals surface area contributed by atoms with Gasteiger partial charge in [-0.2, -0.15) is 0 Å². The largest absolute Gasteiger partial charge is 0.310 e. The molecule has 112 valence electrons. The molecule has 0 heterocycles. The van der Waals surface area contributed by atoms with E-state index in [4.69, 9.17) is 0 Å². The standard InChI is InChI=1S/C15H24N2O2S/c1-10(2)16-9-13-8-14(6-5-11(13)3)20(18,19)17-15-7-12(15)4/h5-6,8,10,12,15-17H,7,9H2,1-4H3. The molecule has 2 N–H and O–H groups in total. The van der Waals surface area contributed by atoms with Crippen LogP contribution in [0, 0.1) is 12.8 Å². The van der Waals surface area contributed by atoms with Crippen LogP contribution in [0.4, 0.5) is 0 Å². The fourth-order valence-electron chi connectivity index (χ4n) is 2.07. The maximum absolute atomic E-state index is 12.3. The average molecular weight is 296 g/mol. The summed E-state index contributed by atoms with van der Waals surface area (Å²) in [5.74, 6) is 0.456. The van der Waals surface area contributed by atoms with Gasteiger partial charge in [-0.25, -0.2) is 13.1 Å². The molecule has 0 aromatic heterocycles. The Hall–Kier alpha value is -0.910. The van der Waals surface area contributed by atoms with E-state index in [1.807, 2.05) is 13.0 Å². The first-order valence-electron chi connectivity index (χ1n) is 7.15. The minimum absolute atomic E-state index is 0.110. The van der Waals surface area contributed by atoms with E-state index >= 15 is 0 Å². The van der Waals surface area contributed by atoms with E-state index in [9.17, 15) is 8.42 Å². The molecule has 5 heteroatoms. The summed E-state index contributed by atoms with van der Waals surface area (Å²) in [5.41, 5.74) is 2.14. The Bertz CT molecular complexity index is 582. The molecule has 2 rings (SSSR count). The van der Waals surface area contributed by atoms with Crippen molar-refractivity contribution in [2.24, 2.45) is 5.92 Å². The molecular weight excluding hydrogens is 272 g/mol. The van der Waals surface area contributed by atoms with Crippen LogP contribution in [0.3, 0.4) is 0 Å². The zero-order valence-corrected chi connectivity index (χ0v) is 13.4. The Morgan fingerprint density at radius 3 is 2.55 bits per heavy atom. The SMILES string of the molecule is Cc1ccc(S(=O)(=O)NC2CC2C)cc1CNC(C)C. The number of aryl methyl sites for hydroxylation is 1. The van der Waals surface area contributed by atoms with Crippen LogP contribution >= 0.6 is 0 Å². The molecule has 0 bridgehead atoms. The van der Waals surface area contributed by atoms with Crippen LogP contribution in [0.2, 0.25) is 0 Å². The van der Waals surface area contributed by atoms with Crippen molar-refractivity contribution in [2.75, 3.05) is 0 Å². The van der Waals surface area contributed by atoms with Crippen molar-refractivity contribution in [1.29, 1.82) is 0 Å². The summed E-state index contributed by atoms with van der Waals surface area (Å²) in [6, 6.07) is 5.82. The lowest BCUT2D eigenvalue weighted by Crippen LogP contribution is -2.27. The van der Waals surface area contributed by atoms with Crippen LogP contribution in [-0.2, 0) is 16.6 Å². The number of hydrogen-bond donors (Lipinski definition) is 2. The number of benzene rings is 1. The van der Waals surface area contributed by atoms with Crippen LogP contribution in [0.15, 0.2) is 23.1 Å². The molecule has 2 unspecified atom stereocenters. The van der Waals surface area contributed by atoms with Crippen LogP contribution < -0.4 is 10.0 Å². The lowest BCUT2D eigenvalue weighted by molar-refractivity contribution is 0.576. The average Bonchev–Trinajstić information content (AvgIpc) is 3.02. The van der Waals surface area contributed by atoms with Crippen molar-refractivity contribution in [3.05, 3.63) is 29.3 Å². The van der Waals surface area contributed by atoms with Gasteiger partial charge in [-0.1, -0.05) is 26.8 Å². The number of sulfonamides is 1. The highest BCUT2D eigenvalue weighted by Gasteiger charge is 2.36. The fraction of sp³-hybridized carbons (Fsp3) is 0.600. The van der Waals surface area contributed by atoms with Crippen molar-refractivity contribution in [3.63, 3.8) is 0 Å². The van der Waals surface area contributed by atoms with Crippen molar-refractivity contribution in [1.82, 2.24) is 10.0 Å². The molecule has 4 nitrogen and oxygen atoms in total. The Balaban J connectivity index is 2.17. The van der Waals surface area contributed by atoms with E-state index in [1.54, 1.807) is 12.1 Å². The maximum atomic E-state index is 12.3. The second-order valence-electron chi connectivity index (χ2n) is 6.06. The van der Waals surface area contributed by atoms with Gasteiger partial charge in [-0.3, -0.25) is 0 Å². The van der Waals surface area contributed by atoms with Gasteiger partial charge in [0.05, 0.1) is 4.90 Å². The predicted molar refractivity (Wildman–Crippen MR) is 81.0 cm³/mol. The first-order valence-corrected chi connectivity index (χ1v) is 8.63. The van der Waals surface area contributed by atoms with Gasteiger partial charge in [0.1, 0.15) is 0 Å². The fourth-order valence-corrected chi connectivity index (χ4v) is 3.48. The van der Waals surface area contributed by atoms with E-state index in [0.29, 0.717) is 23.4 Å². The summed E-state index contributed by atoms with van der Waals surface area (Å²) in [4.78, 5) is 0.364. The lowest BCUT2D eigenvalue weighted by Gasteiger charge is -2.13. The van der Waals surface area contributed by atoms with E-state index in [1.165, 1.54) is 0 Å². The minimum Gasteiger partial charge on any atom is -0.310 e. The Labute approximate surface area is 122 Å². The van der Waals surface area contributed by atoms with Gasteiger partial charge in [0.2, 0.25) is 10.0 Å². The van der Waals surface area contributed by atoms with Crippen LogP contribution in [0.5, 0.6) is 0 Å². The number of rotatable bonds is 6. The molecule has 0 amide bonds. The molecule has 0 radical (unpaired) electrons. The summed E-state index contributed by atoms with van der Waals surface area (Å²) < 4.78 is 27.4. The molecule has 1 saturated carbocycles. The quantitative estimate of drug-likeness (QED) is 0.846. The third-order valence-electron chi connectivity index (χ3n) is 3.75. The topological polar surface area (TPSA) is 58.2 Å². The molecule has 0 saturated heterocycles. The molecule has 1 aliphatic rings. The number of nitrogens with one attached hydrogen (secondary N) is 2. The maximum Gasteiger partial charge on any atom is 0.240 e. The second kappa shape index (κ2) is 5.84. The Morgan fingerprint density at radius 2 is 2.00 bits per heavy atom. The molecule has 20 heavy (non-hydrogen) atoms. The van der Waals surface area contributed by atoms with Gasteiger partial charge >= 0.3 is 0 Å². The second-order valence-corrected chi connectivity index (χ2v) is 7.78. The van der Waals surface area contributed by atoms with Crippen molar-refractivity contribution in [3.8, 4) is 0 Å². The van der Waals surface area contributed by atoms with Gasteiger partial charge in [0.15, 0.2) is 0 Å². The summed E-state index contributed by atoms with van der Waals surface area (Å²) in [6.45, 7) is 8.90. The van der Waals surface area contributed by atoms with Gasteiger partial charge in [-0.05, 0) is 42.5 Å². The normalized spacial score (nSPS) is 22.2. The molecular formula is C15H24N2O2S. The van der Waals surface area contributed by atoms with E-state index in [2.05, 4.69) is 30.8 Å². The zero-order chi connectivity index (χ0) is 14.9. The zero-order valence-electron chi connectivity index (χ0n) is 12.6. The highest BCUT2D eigenvalue weighted by molar-refractivity contribution is 7.89. The number of hydrogen-bond acceptors (Lipinski definition) is 3.